The molecule has 0 aliphatic heterocycles. The van der Waals surface area contributed by atoms with E-state index in [0.717, 1.165) is 10.0 Å². The molecule has 0 aliphatic rings. The number of halogens is 1. The van der Waals surface area contributed by atoms with E-state index in [1.807, 2.05) is 31.2 Å². The van der Waals surface area contributed by atoms with Gasteiger partial charge in [0.1, 0.15) is 5.75 Å². The molecule has 0 heterocycles. The molecule has 0 fully saturated rings. The fraction of sp³-hybridized carbons (Fsp3) is 0.188. The van der Waals surface area contributed by atoms with E-state index in [1.165, 1.54) is 0 Å². The van der Waals surface area contributed by atoms with Crippen LogP contribution >= 0.6 is 15.9 Å². The number of hydrogen-bond donors (Lipinski definition) is 2. The predicted octanol–water partition coefficient (Wildman–Crippen LogP) is 3.53. The predicted molar refractivity (Wildman–Crippen MR) is 87.4 cm³/mol. The average Bonchev–Trinajstić information content (AvgIpc) is 2.47. The highest BCUT2D eigenvalue weighted by atomic mass is 79.9. The van der Waals surface area contributed by atoms with Crippen LogP contribution in [0.3, 0.4) is 0 Å². The van der Waals surface area contributed by atoms with Crippen LogP contribution < -0.4 is 15.8 Å². The van der Waals surface area contributed by atoms with Crippen molar-refractivity contribution >= 4 is 27.5 Å². The third-order valence-corrected chi connectivity index (χ3v) is 3.75. The molecule has 0 saturated heterocycles. The van der Waals surface area contributed by atoms with Crippen LogP contribution in [-0.2, 0) is 0 Å². The van der Waals surface area contributed by atoms with Crippen LogP contribution in [0.25, 0.3) is 0 Å². The number of rotatable bonds is 4. The number of amides is 1. The van der Waals surface area contributed by atoms with Gasteiger partial charge in [-0.3, -0.25) is 4.79 Å². The SMILES string of the molecule is COc1ccc(C(=O)N[C@@H](C)c2ccc(Br)cc2)c(N)c1. The van der Waals surface area contributed by atoms with Crippen LogP contribution in [0.4, 0.5) is 5.69 Å². The number of nitrogen functional groups attached to an aromatic ring is 1. The first kappa shape index (κ1) is 15.4. The smallest absolute Gasteiger partial charge is 0.253 e. The Kier molecular flexibility index (Phi) is 4.85. The van der Waals surface area contributed by atoms with Crippen LogP contribution in [0.15, 0.2) is 46.9 Å². The Morgan fingerprint density at radius 2 is 1.90 bits per heavy atom. The van der Waals surface area contributed by atoms with Crippen molar-refractivity contribution in [3.05, 3.63) is 58.1 Å². The molecule has 0 radical (unpaired) electrons. The zero-order chi connectivity index (χ0) is 15.4. The first-order valence-corrected chi connectivity index (χ1v) is 7.30. The molecule has 0 unspecified atom stereocenters. The molecule has 0 aliphatic carbocycles. The monoisotopic (exact) mass is 348 g/mol. The average molecular weight is 349 g/mol. The number of ether oxygens (including phenoxy) is 1. The molecular weight excluding hydrogens is 332 g/mol. The number of anilines is 1. The number of nitrogens with one attached hydrogen (secondary N) is 1. The number of methoxy groups -OCH3 is 1. The maximum absolute atomic E-state index is 12.3. The Morgan fingerprint density at radius 3 is 2.48 bits per heavy atom. The van der Waals surface area contributed by atoms with Gasteiger partial charge in [-0.25, -0.2) is 0 Å². The van der Waals surface area contributed by atoms with Crippen LogP contribution in [0, 0.1) is 0 Å². The standard InChI is InChI=1S/C16H17BrN2O2/c1-10(11-3-5-12(17)6-4-11)19-16(20)14-8-7-13(21-2)9-15(14)18/h3-10H,18H2,1-2H3,(H,19,20)/t10-/m0/s1. The largest absolute Gasteiger partial charge is 0.497 e. The van der Waals surface area contributed by atoms with Gasteiger partial charge in [0.25, 0.3) is 5.91 Å². The van der Waals surface area contributed by atoms with Gasteiger partial charge in [0.05, 0.1) is 18.7 Å². The summed E-state index contributed by atoms with van der Waals surface area (Å²) in [7, 11) is 1.56. The van der Waals surface area contributed by atoms with Crippen molar-refractivity contribution in [2.45, 2.75) is 13.0 Å². The van der Waals surface area contributed by atoms with Crippen molar-refractivity contribution < 1.29 is 9.53 Å². The van der Waals surface area contributed by atoms with Crippen molar-refractivity contribution in [1.29, 1.82) is 0 Å². The van der Waals surface area contributed by atoms with E-state index in [4.69, 9.17) is 10.5 Å². The highest BCUT2D eigenvalue weighted by Crippen LogP contribution is 2.21. The molecule has 4 nitrogen and oxygen atoms in total. The van der Waals surface area contributed by atoms with E-state index in [1.54, 1.807) is 25.3 Å². The lowest BCUT2D eigenvalue weighted by molar-refractivity contribution is 0.0941. The van der Waals surface area contributed by atoms with Gasteiger partial charge in [-0.05, 0) is 36.8 Å². The lowest BCUT2D eigenvalue weighted by Crippen LogP contribution is -2.27. The van der Waals surface area contributed by atoms with Gasteiger partial charge < -0.3 is 15.8 Å². The number of carbonyl (C=O) groups is 1. The van der Waals surface area contributed by atoms with Crippen molar-refractivity contribution in [2.24, 2.45) is 0 Å². The zero-order valence-corrected chi connectivity index (χ0v) is 13.5. The van der Waals surface area contributed by atoms with Crippen LogP contribution in [0.2, 0.25) is 0 Å². The van der Waals surface area contributed by atoms with Crippen molar-refractivity contribution in [3.8, 4) is 5.75 Å². The Bertz CT molecular complexity index is 641. The Morgan fingerprint density at radius 1 is 1.24 bits per heavy atom. The molecule has 1 atom stereocenters. The van der Waals surface area contributed by atoms with Crippen molar-refractivity contribution in [1.82, 2.24) is 5.32 Å². The van der Waals surface area contributed by atoms with Gasteiger partial charge in [-0.1, -0.05) is 28.1 Å². The second-order valence-corrected chi connectivity index (χ2v) is 5.62. The molecule has 3 N–H and O–H groups in total. The highest BCUT2D eigenvalue weighted by molar-refractivity contribution is 9.10. The van der Waals surface area contributed by atoms with Crippen molar-refractivity contribution in [2.75, 3.05) is 12.8 Å². The minimum atomic E-state index is -0.203. The van der Waals surface area contributed by atoms with Gasteiger partial charge in [0.15, 0.2) is 0 Å². The molecule has 2 aromatic carbocycles. The highest BCUT2D eigenvalue weighted by Gasteiger charge is 2.14. The first-order valence-electron chi connectivity index (χ1n) is 6.51. The summed E-state index contributed by atoms with van der Waals surface area (Å²) in [4.78, 5) is 12.3. The van der Waals surface area contributed by atoms with Gasteiger partial charge in [0.2, 0.25) is 0 Å². The minimum Gasteiger partial charge on any atom is -0.497 e. The molecule has 0 spiro atoms. The molecule has 0 aromatic heterocycles. The second kappa shape index (κ2) is 6.63. The van der Waals surface area contributed by atoms with E-state index in [-0.39, 0.29) is 11.9 Å². The quantitative estimate of drug-likeness (QED) is 0.830. The molecule has 2 rings (SSSR count). The van der Waals surface area contributed by atoms with Gasteiger partial charge in [-0.15, -0.1) is 0 Å². The van der Waals surface area contributed by atoms with E-state index in [9.17, 15) is 4.79 Å². The van der Waals surface area contributed by atoms with Crippen molar-refractivity contribution in [3.63, 3.8) is 0 Å². The third-order valence-electron chi connectivity index (χ3n) is 3.22. The fourth-order valence-electron chi connectivity index (χ4n) is 1.98. The lowest BCUT2D eigenvalue weighted by Gasteiger charge is -2.15. The molecule has 1 amide bonds. The number of carbonyl (C=O) groups excluding carboxylic acids is 1. The van der Waals surface area contributed by atoms with E-state index in [2.05, 4.69) is 21.2 Å². The normalized spacial score (nSPS) is 11.8. The summed E-state index contributed by atoms with van der Waals surface area (Å²) in [5.41, 5.74) is 7.75. The maximum atomic E-state index is 12.3. The summed E-state index contributed by atoms with van der Waals surface area (Å²) in [6.07, 6.45) is 0. The van der Waals surface area contributed by atoms with Gasteiger partial charge >= 0.3 is 0 Å². The maximum Gasteiger partial charge on any atom is 0.253 e. The number of hydrogen-bond acceptors (Lipinski definition) is 3. The molecule has 0 saturated carbocycles. The Labute approximate surface area is 132 Å². The zero-order valence-electron chi connectivity index (χ0n) is 11.9. The topological polar surface area (TPSA) is 64.3 Å². The summed E-state index contributed by atoms with van der Waals surface area (Å²) in [5.74, 6) is 0.426. The lowest BCUT2D eigenvalue weighted by atomic mass is 10.1. The molecule has 0 bridgehead atoms. The van der Waals surface area contributed by atoms with Crippen LogP contribution in [-0.4, -0.2) is 13.0 Å². The molecular formula is C16H17BrN2O2. The molecule has 110 valence electrons. The molecule has 2 aromatic rings. The summed E-state index contributed by atoms with van der Waals surface area (Å²) in [5, 5.41) is 2.94. The van der Waals surface area contributed by atoms with E-state index in [0.29, 0.717) is 17.0 Å². The molecule has 21 heavy (non-hydrogen) atoms. The summed E-state index contributed by atoms with van der Waals surface area (Å²) < 4.78 is 6.08. The number of benzene rings is 2. The Balaban J connectivity index is 2.12. The second-order valence-electron chi connectivity index (χ2n) is 4.70. The Hall–Kier alpha value is -2.01. The summed E-state index contributed by atoms with van der Waals surface area (Å²) >= 11 is 3.39. The molecule has 5 heteroatoms. The minimum absolute atomic E-state index is 0.105. The fourth-order valence-corrected chi connectivity index (χ4v) is 2.25. The van der Waals surface area contributed by atoms with Gasteiger partial charge in [-0.2, -0.15) is 0 Å². The van der Waals surface area contributed by atoms with E-state index < -0.39 is 0 Å². The third kappa shape index (κ3) is 3.76. The van der Waals surface area contributed by atoms with E-state index >= 15 is 0 Å². The summed E-state index contributed by atoms with van der Waals surface area (Å²) in [6, 6.07) is 12.7. The summed E-state index contributed by atoms with van der Waals surface area (Å²) in [6.45, 7) is 1.93. The van der Waals surface area contributed by atoms with Crippen LogP contribution in [0.5, 0.6) is 5.75 Å². The van der Waals surface area contributed by atoms with Crippen LogP contribution in [0.1, 0.15) is 28.9 Å². The number of nitrogens with two attached hydrogens (primary N) is 1. The van der Waals surface area contributed by atoms with Gasteiger partial charge in [0, 0.05) is 16.2 Å². The first-order chi connectivity index (χ1) is 10.0.